The average Bonchev–Trinajstić information content (AvgIpc) is 2.64. The fraction of sp³-hybridized carbons (Fsp3) is 0.263. The first-order valence-corrected chi connectivity index (χ1v) is 7.96. The lowest BCUT2D eigenvalue weighted by molar-refractivity contribution is -0.140. The van der Waals surface area contributed by atoms with Gasteiger partial charge in [0.2, 0.25) is 0 Å². The summed E-state index contributed by atoms with van der Waals surface area (Å²) >= 11 is 0. The van der Waals surface area contributed by atoms with Crippen molar-refractivity contribution in [1.29, 1.82) is 0 Å². The second kappa shape index (κ2) is 9.03. The van der Waals surface area contributed by atoms with Crippen LogP contribution < -0.4 is 0 Å². The Hall–Kier alpha value is -2.83. The van der Waals surface area contributed by atoms with Crippen molar-refractivity contribution < 1.29 is 27.5 Å². The fourth-order valence-electron chi connectivity index (χ4n) is 2.37. The summed E-state index contributed by atoms with van der Waals surface area (Å²) in [5, 5.41) is 0. The maximum absolute atomic E-state index is 13.4. The maximum Gasteiger partial charge on any atom is 0.307 e. The quantitative estimate of drug-likeness (QED) is 0.707. The minimum Gasteiger partial charge on any atom is -0.469 e. The molecule has 0 atom stereocenters. The standard InChI is InChI=1S/C19H18F3NO3/c1-26-18(24)9-11-23(10-8-13-2-5-15(20)6-3-13)19(25)14-4-7-16(21)17(22)12-14/h2-7,12H,8-11H2,1H3. The Labute approximate surface area is 149 Å². The summed E-state index contributed by atoms with van der Waals surface area (Å²) in [7, 11) is 1.24. The first-order valence-electron chi connectivity index (χ1n) is 7.96. The lowest BCUT2D eigenvalue weighted by Gasteiger charge is -2.22. The number of esters is 1. The van der Waals surface area contributed by atoms with E-state index in [1.165, 1.54) is 30.2 Å². The lowest BCUT2D eigenvalue weighted by Crippen LogP contribution is -2.35. The third kappa shape index (κ3) is 5.34. The summed E-state index contributed by atoms with van der Waals surface area (Å²) in [5.74, 6) is -3.56. The normalized spacial score (nSPS) is 10.5. The van der Waals surface area contributed by atoms with E-state index < -0.39 is 23.5 Å². The molecule has 0 saturated heterocycles. The van der Waals surface area contributed by atoms with Gasteiger partial charge in [-0.2, -0.15) is 0 Å². The van der Waals surface area contributed by atoms with Crippen molar-refractivity contribution >= 4 is 11.9 Å². The molecule has 0 N–H and O–H groups in total. The van der Waals surface area contributed by atoms with Crippen molar-refractivity contribution in [1.82, 2.24) is 4.90 Å². The number of hydrogen-bond donors (Lipinski definition) is 0. The van der Waals surface area contributed by atoms with Crippen molar-refractivity contribution in [3.05, 3.63) is 71.0 Å². The molecular weight excluding hydrogens is 347 g/mol. The minimum atomic E-state index is -1.12. The van der Waals surface area contributed by atoms with Crippen LogP contribution in [0.5, 0.6) is 0 Å². The van der Waals surface area contributed by atoms with Crippen molar-refractivity contribution in [2.24, 2.45) is 0 Å². The summed E-state index contributed by atoms with van der Waals surface area (Å²) in [6.07, 6.45) is 0.381. The van der Waals surface area contributed by atoms with E-state index in [4.69, 9.17) is 0 Å². The molecule has 26 heavy (non-hydrogen) atoms. The fourth-order valence-corrected chi connectivity index (χ4v) is 2.37. The lowest BCUT2D eigenvalue weighted by atomic mass is 10.1. The van der Waals surface area contributed by atoms with E-state index in [1.807, 2.05) is 0 Å². The Balaban J connectivity index is 2.13. The predicted molar refractivity (Wildman–Crippen MR) is 89.0 cm³/mol. The van der Waals surface area contributed by atoms with E-state index in [9.17, 15) is 22.8 Å². The molecule has 0 saturated carbocycles. The van der Waals surface area contributed by atoms with Gasteiger partial charge in [0.15, 0.2) is 11.6 Å². The molecule has 138 valence electrons. The molecule has 0 spiro atoms. The molecular formula is C19H18F3NO3. The summed E-state index contributed by atoms with van der Waals surface area (Å²) in [5.41, 5.74) is 0.778. The topological polar surface area (TPSA) is 46.6 Å². The molecule has 0 radical (unpaired) electrons. The molecule has 1 amide bonds. The Morgan fingerprint density at radius 3 is 2.27 bits per heavy atom. The van der Waals surface area contributed by atoms with Gasteiger partial charge in [-0.3, -0.25) is 9.59 Å². The summed E-state index contributed by atoms with van der Waals surface area (Å²) in [6, 6.07) is 8.69. The molecule has 2 rings (SSSR count). The number of benzene rings is 2. The van der Waals surface area contributed by atoms with Crippen LogP contribution in [-0.4, -0.2) is 37.0 Å². The molecule has 0 aliphatic heterocycles. The van der Waals surface area contributed by atoms with Gasteiger partial charge in [-0.1, -0.05) is 12.1 Å². The van der Waals surface area contributed by atoms with Crippen LogP contribution >= 0.6 is 0 Å². The van der Waals surface area contributed by atoms with Crippen molar-refractivity contribution in [3.63, 3.8) is 0 Å². The monoisotopic (exact) mass is 365 g/mol. The van der Waals surface area contributed by atoms with Gasteiger partial charge in [0.25, 0.3) is 5.91 Å². The van der Waals surface area contributed by atoms with Gasteiger partial charge >= 0.3 is 5.97 Å². The first-order chi connectivity index (χ1) is 12.4. The smallest absolute Gasteiger partial charge is 0.307 e. The SMILES string of the molecule is COC(=O)CCN(CCc1ccc(F)cc1)C(=O)c1ccc(F)c(F)c1. The number of nitrogens with zero attached hydrogens (tertiary/aromatic N) is 1. The van der Waals surface area contributed by atoms with Crippen molar-refractivity contribution in [3.8, 4) is 0 Å². The highest BCUT2D eigenvalue weighted by atomic mass is 19.2. The Morgan fingerprint density at radius 2 is 1.65 bits per heavy atom. The van der Waals surface area contributed by atoms with Crippen LogP contribution in [0, 0.1) is 17.5 Å². The zero-order valence-corrected chi connectivity index (χ0v) is 14.2. The zero-order valence-electron chi connectivity index (χ0n) is 14.2. The highest BCUT2D eigenvalue weighted by Crippen LogP contribution is 2.13. The van der Waals surface area contributed by atoms with Crippen LogP contribution in [0.1, 0.15) is 22.3 Å². The van der Waals surface area contributed by atoms with Gasteiger partial charge < -0.3 is 9.64 Å². The molecule has 0 fully saturated rings. The third-order valence-electron chi connectivity index (χ3n) is 3.85. The van der Waals surface area contributed by atoms with Crippen LogP contribution in [0.2, 0.25) is 0 Å². The number of carbonyl (C=O) groups is 2. The summed E-state index contributed by atoms with van der Waals surface area (Å²) in [4.78, 5) is 25.3. The largest absolute Gasteiger partial charge is 0.469 e. The van der Waals surface area contributed by atoms with Crippen LogP contribution in [0.25, 0.3) is 0 Å². The first kappa shape index (κ1) is 19.5. The molecule has 4 nitrogen and oxygen atoms in total. The summed E-state index contributed by atoms with van der Waals surface area (Å²) < 4.78 is 44.0. The molecule has 0 heterocycles. The van der Waals surface area contributed by atoms with Gasteiger partial charge in [0, 0.05) is 18.7 Å². The van der Waals surface area contributed by atoms with E-state index in [0.717, 1.165) is 17.7 Å². The molecule has 0 aliphatic rings. The van der Waals surface area contributed by atoms with Gasteiger partial charge in [0.1, 0.15) is 5.82 Å². The van der Waals surface area contributed by atoms with E-state index in [-0.39, 0.29) is 30.9 Å². The highest BCUT2D eigenvalue weighted by molar-refractivity contribution is 5.94. The number of amides is 1. The predicted octanol–water partition coefficient (Wildman–Crippen LogP) is 3.35. The van der Waals surface area contributed by atoms with Gasteiger partial charge in [-0.15, -0.1) is 0 Å². The van der Waals surface area contributed by atoms with Crippen LogP contribution in [0.15, 0.2) is 42.5 Å². The Kier molecular flexibility index (Phi) is 6.77. The number of carbonyl (C=O) groups excluding carboxylic acids is 2. The molecule has 0 bridgehead atoms. The molecule has 0 aromatic heterocycles. The number of rotatable bonds is 7. The summed E-state index contributed by atoms with van der Waals surface area (Å²) in [6.45, 7) is 0.284. The number of ether oxygens (including phenoxy) is 1. The van der Waals surface area contributed by atoms with Crippen LogP contribution in [-0.2, 0) is 16.0 Å². The van der Waals surface area contributed by atoms with Crippen LogP contribution in [0.4, 0.5) is 13.2 Å². The third-order valence-corrected chi connectivity index (χ3v) is 3.85. The van der Waals surface area contributed by atoms with Gasteiger partial charge in [-0.05, 0) is 42.3 Å². The zero-order chi connectivity index (χ0) is 19.1. The van der Waals surface area contributed by atoms with Crippen molar-refractivity contribution in [2.75, 3.05) is 20.2 Å². The minimum absolute atomic E-state index is 0.0205. The highest BCUT2D eigenvalue weighted by Gasteiger charge is 2.18. The van der Waals surface area contributed by atoms with E-state index in [1.54, 1.807) is 12.1 Å². The van der Waals surface area contributed by atoms with E-state index in [0.29, 0.717) is 6.42 Å². The maximum atomic E-state index is 13.4. The number of methoxy groups -OCH3 is 1. The molecule has 0 unspecified atom stereocenters. The molecule has 7 heteroatoms. The Morgan fingerprint density at radius 1 is 0.962 bits per heavy atom. The van der Waals surface area contributed by atoms with Gasteiger partial charge in [0.05, 0.1) is 13.5 Å². The van der Waals surface area contributed by atoms with Crippen LogP contribution in [0.3, 0.4) is 0 Å². The molecule has 2 aromatic rings. The van der Waals surface area contributed by atoms with Crippen molar-refractivity contribution in [2.45, 2.75) is 12.8 Å². The second-order valence-electron chi connectivity index (χ2n) is 5.62. The van der Waals surface area contributed by atoms with E-state index in [2.05, 4.69) is 4.74 Å². The molecule has 2 aromatic carbocycles. The van der Waals surface area contributed by atoms with Gasteiger partial charge in [-0.25, -0.2) is 13.2 Å². The average molecular weight is 365 g/mol. The Bertz CT molecular complexity index is 778. The number of halogens is 3. The second-order valence-corrected chi connectivity index (χ2v) is 5.62. The molecule has 0 aliphatic carbocycles. The van der Waals surface area contributed by atoms with E-state index >= 15 is 0 Å². The number of hydrogen-bond acceptors (Lipinski definition) is 3.